The van der Waals surface area contributed by atoms with Crippen molar-refractivity contribution >= 4 is 15.9 Å². The van der Waals surface area contributed by atoms with Gasteiger partial charge in [0, 0.05) is 31.2 Å². The summed E-state index contributed by atoms with van der Waals surface area (Å²) in [4.78, 5) is 15.1. The second-order valence-electron chi connectivity index (χ2n) is 6.12. The molecular formula is C17H27N3O3S. The molecule has 0 aliphatic carbocycles. The monoisotopic (exact) mass is 353 g/mol. The molecule has 2 rings (SSSR count). The molecule has 24 heavy (non-hydrogen) atoms. The maximum absolute atomic E-state index is 13.1. The second kappa shape index (κ2) is 8.09. The van der Waals surface area contributed by atoms with Crippen molar-refractivity contribution in [3.8, 4) is 0 Å². The Morgan fingerprint density at radius 3 is 2.71 bits per heavy atom. The quantitative estimate of drug-likeness (QED) is 0.779. The van der Waals surface area contributed by atoms with E-state index >= 15 is 0 Å². The molecule has 6 nitrogen and oxygen atoms in total. The summed E-state index contributed by atoms with van der Waals surface area (Å²) >= 11 is 0. The highest BCUT2D eigenvalue weighted by atomic mass is 32.2. The summed E-state index contributed by atoms with van der Waals surface area (Å²) in [6.45, 7) is 8.31. The number of carbonyl (C=O) groups excluding carboxylic acids is 1. The largest absolute Gasteiger partial charge is 0.334 e. The van der Waals surface area contributed by atoms with E-state index in [1.807, 2.05) is 18.7 Å². The number of sulfonamides is 1. The lowest BCUT2D eigenvalue weighted by Gasteiger charge is -2.29. The summed E-state index contributed by atoms with van der Waals surface area (Å²) < 4.78 is 26.9. The van der Waals surface area contributed by atoms with Crippen molar-refractivity contribution in [3.63, 3.8) is 0 Å². The van der Waals surface area contributed by atoms with Gasteiger partial charge >= 0.3 is 0 Å². The third-order valence-corrected chi connectivity index (χ3v) is 5.83. The second-order valence-corrected chi connectivity index (χ2v) is 7.89. The van der Waals surface area contributed by atoms with Crippen LogP contribution in [0.25, 0.3) is 0 Å². The molecular weight excluding hydrogens is 326 g/mol. The van der Waals surface area contributed by atoms with E-state index in [9.17, 15) is 13.2 Å². The molecule has 1 atom stereocenters. The fourth-order valence-corrected chi connectivity index (χ4v) is 4.09. The summed E-state index contributed by atoms with van der Waals surface area (Å²) in [5.41, 5.74) is 1.26. The van der Waals surface area contributed by atoms with Gasteiger partial charge in [0.2, 0.25) is 10.0 Å². The minimum Gasteiger partial charge on any atom is -0.334 e. The molecule has 1 aliphatic heterocycles. The van der Waals surface area contributed by atoms with Crippen molar-refractivity contribution < 1.29 is 13.2 Å². The van der Waals surface area contributed by atoms with E-state index in [1.165, 1.54) is 6.07 Å². The van der Waals surface area contributed by atoms with Gasteiger partial charge in [-0.15, -0.1) is 0 Å². The topological polar surface area (TPSA) is 78.5 Å². The Labute approximate surface area is 144 Å². The average Bonchev–Trinajstić information content (AvgIpc) is 3.06. The lowest BCUT2D eigenvalue weighted by molar-refractivity contribution is 0.0691. The number of rotatable bonds is 7. The Morgan fingerprint density at radius 1 is 1.38 bits per heavy atom. The van der Waals surface area contributed by atoms with Gasteiger partial charge in [-0.3, -0.25) is 4.79 Å². The molecule has 0 spiro atoms. The molecule has 0 saturated carbocycles. The summed E-state index contributed by atoms with van der Waals surface area (Å²) in [5, 5.41) is 3.28. The molecule has 1 unspecified atom stereocenters. The van der Waals surface area contributed by atoms with Gasteiger partial charge in [-0.1, -0.05) is 19.9 Å². The first kappa shape index (κ1) is 18.9. The van der Waals surface area contributed by atoms with Gasteiger partial charge < -0.3 is 10.2 Å². The lowest BCUT2D eigenvalue weighted by atomic mass is 10.1. The molecule has 1 fully saturated rings. The first-order valence-electron chi connectivity index (χ1n) is 8.52. The van der Waals surface area contributed by atoms with E-state index in [0.29, 0.717) is 18.7 Å². The molecule has 0 radical (unpaired) electrons. The number of hydrogen-bond acceptors (Lipinski definition) is 4. The number of hydrogen-bond donors (Lipinski definition) is 2. The van der Waals surface area contributed by atoms with Crippen LogP contribution in [0.3, 0.4) is 0 Å². The highest BCUT2D eigenvalue weighted by Crippen LogP contribution is 2.20. The van der Waals surface area contributed by atoms with Gasteiger partial charge in [0.1, 0.15) is 0 Å². The fraction of sp³-hybridized carbons (Fsp3) is 0.588. The standard InChI is InChI=1S/C17H27N3O3S/c1-4-10-20(14-8-9-18-12-14)17(21)16-11-15(7-6-13(16)3)24(22,23)19-5-2/h6-7,11,14,18-19H,4-5,8-10,12H2,1-3H3. The van der Waals surface area contributed by atoms with Crippen molar-refractivity contribution in [1.82, 2.24) is 14.9 Å². The van der Waals surface area contributed by atoms with E-state index in [4.69, 9.17) is 0 Å². The van der Waals surface area contributed by atoms with Gasteiger partial charge in [0.25, 0.3) is 5.91 Å². The number of carbonyl (C=O) groups is 1. The van der Waals surface area contributed by atoms with Crippen molar-refractivity contribution in [2.45, 2.75) is 44.6 Å². The average molecular weight is 353 g/mol. The first-order chi connectivity index (χ1) is 11.4. The van der Waals surface area contributed by atoms with E-state index in [-0.39, 0.29) is 16.8 Å². The maximum atomic E-state index is 13.1. The fourth-order valence-electron chi connectivity index (χ4n) is 3.02. The molecule has 2 N–H and O–H groups in total. The number of nitrogens with one attached hydrogen (secondary N) is 2. The zero-order valence-corrected chi connectivity index (χ0v) is 15.4. The Morgan fingerprint density at radius 2 is 2.12 bits per heavy atom. The van der Waals surface area contributed by atoms with E-state index in [2.05, 4.69) is 10.0 Å². The first-order valence-corrected chi connectivity index (χ1v) is 10.0. The Balaban J connectivity index is 2.36. The predicted octanol–water partition coefficient (Wildman–Crippen LogP) is 1.51. The predicted molar refractivity (Wildman–Crippen MR) is 94.6 cm³/mol. The molecule has 134 valence electrons. The van der Waals surface area contributed by atoms with Crippen LogP contribution in [0.2, 0.25) is 0 Å². The number of nitrogens with zero attached hydrogens (tertiary/aromatic N) is 1. The van der Waals surface area contributed by atoms with Gasteiger partial charge in [0.05, 0.1) is 4.90 Å². The molecule has 7 heteroatoms. The molecule has 1 heterocycles. The van der Waals surface area contributed by atoms with Gasteiger partial charge in [-0.05, 0) is 44.0 Å². The molecule has 1 aromatic carbocycles. The molecule has 1 aliphatic rings. The van der Waals surface area contributed by atoms with Crippen LogP contribution < -0.4 is 10.0 Å². The Hall–Kier alpha value is -1.44. The minimum absolute atomic E-state index is 0.0865. The molecule has 1 saturated heterocycles. The third-order valence-electron chi connectivity index (χ3n) is 4.28. The molecule has 0 bridgehead atoms. The van der Waals surface area contributed by atoms with Crippen LogP contribution in [0.4, 0.5) is 0 Å². The van der Waals surface area contributed by atoms with Crippen LogP contribution >= 0.6 is 0 Å². The Bertz CT molecular complexity index is 682. The molecule has 1 amide bonds. The van der Waals surface area contributed by atoms with Gasteiger partial charge in [0.15, 0.2) is 0 Å². The highest BCUT2D eigenvalue weighted by molar-refractivity contribution is 7.89. The SMILES string of the molecule is CCCN(C(=O)c1cc(S(=O)(=O)NCC)ccc1C)C1CCNC1. The van der Waals surface area contributed by atoms with E-state index in [1.54, 1.807) is 19.1 Å². The van der Waals surface area contributed by atoms with Crippen LogP contribution in [0.5, 0.6) is 0 Å². The zero-order chi connectivity index (χ0) is 17.7. The van der Waals surface area contributed by atoms with Crippen molar-refractivity contribution in [3.05, 3.63) is 29.3 Å². The van der Waals surface area contributed by atoms with Crippen molar-refractivity contribution in [2.24, 2.45) is 0 Å². The van der Waals surface area contributed by atoms with E-state index in [0.717, 1.165) is 31.5 Å². The number of amides is 1. The zero-order valence-electron chi connectivity index (χ0n) is 14.6. The van der Waals surface area contributed by atoms with Crippen molar-refractivity contribution in [2.75, 3.05) is 26.2 Å². The van der Waals surface area contributed by atoms with Crippen LogP contribution in [0.1, 0.15) is 42.6 Å². The van der Waals surface area contributed by atoms with Gasteiger partial charge in [-0.2, -0.15) is 0 Å². The van der Waals surface area contributed by atoms with Crippen LogP contribution in [0.15, 0.2) is 23.1 Å². The van der Waals surface area contributed by atoms with Gasteiger partial charge in [-0.25, -0.2) is 13.1 Å². The van der Waals surface area contributed by atoms with E-state index < -0.39 is 10.0 Å². The van der Waals surface area contributed by atoms with Crippen LogP contribution in [-0.4, -0.2) is 51.4 Å². The smallest absolute Gasteiger partial charge is 0.254 e. The van der Waals surface area contributed by atoms with Crippen LogP contribution in [-0.2, 0) is 10.0 Å². The molecule has 1 aromatic rings. The Kier molecular flexibility index (Phi) is 6.37. The molecule has 0 aromatic heterocycles. The summed E-state index contributed by atoms with van der Waals surface area (Å²) in [7, 11) is -3.57. The lowest BCUT2D eigenvalue weighted by Crippen LogP contribution is -2.42. The van der Waals surface area contributed by atoms with Crippen LogP contribution in [0, 0.1) is 6.92 Å². The summed E-state index contributed by atoms with van der Waals surface area (Å²) in [6.07, 6.45) is 1.80. The third kappa shape index (κ3) is 4.15. The number of aryl methyl sites for hydroxylation is 1. The number of benzene rings is 1. The highest BCUT2D eigenvalue weighted by Gasteiger charge is 2.28. The summed E-state index contributed by atoms with van der Waals surface area (Å²) in [5.74, 6) is -0.0865. The minimum atomic E-state index is -3.57. The summed E-state index contributed by atoms with van der Waals surface area (Å²) in [6, 6.07) is 4.92. The van der Waals surface area contributed by atoms with Crippen molar-refractivity contribution in [1.29, 1.82) is 0 Å². The normalized spacial score (nSPS) is 17.9. The maximum Gasteiger partial charge on any atom is 0.254 e.